The number of guanidine groups is 1. The number of benzene rings is 1. The maximum atomic E-state index is 11.7. The molecule has 0 aromatic heterocycles. The highest BCUT2D eigenvalue weighted by Gasteiger charge is 2.05. The first-order valence-electron chi connectivity index (χ1n) is 7.36. The van der Waals surface area contributed by atoms with Gasteiger partial charge in [0.2, 0.25) is 5.96 Å². The second kappa shape index (κ2) is 11.1. The summed E-state index contributed by atoms with van der Waals surface area (Å²) >= 11 is 0. The second-order valence-corrected chi connectivity index (χ2v) is 4.72. The van der Waals surface area contributed by atoms with Gasteiger partial charge in [0, 0.05) is 19.1 Å². The van der Waals surface area contributed by atoms with Crippen molar-refractivity contribution in [2.45, 2.75) is 19.4 Å². The van der Waals surface area contributed by atoms with Crippen molar-refractivity contribution in [3.8, 4) is 18.2 Å². The molecule has 0 atom stereocenters. The third kappa shape index (κ3) is 9.29. The monoisotopic (exact) mass is 349 g/mol. The van der Waals surface area contributed by atoms with Crippen LogP contribution < -0.4 is 21.1 Å². The predicted molar refractivity (Wildman–Crippen MR) is 89.9 cm³/mol. The predicted octanol–water partition coefficient (Wildman–Crippen LogP) is 0.758. The third-order valence-corrected chi connectivity index (χ3v) is 2.81. The fourth-order valence-corrected chi connectivity index (χ4v) is 1.74. The summed E-state index contributed by atoms with van der Waals surface area (Å²) in [5, 5.41) is 14.7. The van der Waals surface area contributed by atoms with Crippen molar-refractivity contribution in [2.75, 3.05) is 13.1 Å². The molecule has 1 amide bonds. The van der Waals surface area contributed by atoms with Crippen LogP contribution in [0.5, 0.6) is 5.75 Å². The van der Waals surface area contributed by atoms with E-state index in [-0.39, 0.29) is 18.3 Å². The van der Waals surface area contributed by atoms with E-state index in [0.29, 0.717) is 25.1 Å². The van der Waals surface area contributed by atoms with E-state index < -0.39 is 11.2 Å². The zero-order valence-electron chi connectivity index (χ0n) is 13.4. The molecule has 4 N–H and O–H groups in total. The van der Waals surface area contributed by atoms with Crippen molar-refractivity contribution in [3.05, 3.63) is 39.9 Å². The minimum absolute atomic E-state index is 0.177. The SMILES string of the molecule is C#CN=C(N)NCCCCNC(=O)Oc1cccc(CO[N+](=O)[O-])c1. The van der Waals surface area contributed by atoms with E-state index in [1.54, 1.807) is 18.2 Å². The summed E-state index contributed by atoms with van der Waals surface area (Å²) in [6.45, 7) is 0.772. The van der Waals surface area contributed by atoms with Crippen LogP contribution in [-0.2, 0) is 11.4 Å². The number of amides is 1. The molecule has 0 aliphatic carbocycles. The van der Waals surface area contributed by atoms with Gasteiger partial charge >= 0.3 is 6.09 Å². The molecule has 0 saturated heterocycles. The van der Waals surface area contributed by atoms with Crippen LogP contribution in [0.1, 0.15) is 18.4 Å². The molecular formula is C15H19N5O5. The van der Waals surface area contributed by atoms with E-state index in [1.807, 2.05) is 0 Å². The number of nitrogens with two attached hydrogens (primary N) is 1. The molecule has 1 rings (SSSR count). The van der Waals surface area contributed by atoms with Gasteiger partial charge in [-0.05, 0) is 30.5 Å². The van der Waals surface area contributed by atoms with E-state index in [2.05, 4.69) is 26.5 Å². The van der Waals surface area contributed by atoms with Gasteiger partial charge in [-0.1, -0.05) is 18.6 Å². The number of aliphatic imine (C=N–C) groups is 1. The molecule has 0 fully saturated rings. The average Bonchev–Trinajstić information content (AvgIpc) is 2.56. The van der Waals surface area contributed by atoms with Gasteiger partial charge in [0.25, 0.3) is 5.09 Å². The number of unbranched alkanes of at least 4 members (excludes halogenated alkanes) is 1. The number of carbonyl (C=O) groups is 1. The van der Waals surface area contributed by atoms with Crippen LogP contribution in [0.15, 0.2) is 29.3 Å². The van der Waals surface area contributed by atoms with Gasteiger partial charge in [-0.25, -0.2) is 4.79 Å². The summed E-state index contributed by atoms with van der Waals surface area (Å²) in [5.74, 6) is 0.442. The fraction of sp³-hybridized carbons (Fsp3) is 0.333. The quantitative estimate of drug-likeness (QED) is 0.149. The Morgan fingerprint density at radius 1 is 1.36 bits per heavy atom. The highest BCUT2D eigenvalue weighted by Crippen LogP contribution is 2.14. The van der Waals surface area contributed by atoms with Gasteiger partial charge in [-0.3, -0.25) is 0 Å². The molecule has 0 unspecified atom stereocenters. The number of terminal acetylenes is 1. The van der Waals surface area contributed by atoms with Gasteiger partial charge in [-0.2, -0.15) is 4.99 Å². The zero-order chi connectivity index (χ0) is 18.5. The normalized spacial score (nSPS) is 10.4. The summed E-state index contributed by atoms with van der Waals surface area (Å²) in [7, 11) is 0. The standard InChI is InChI=1S/C15H19N5O5/c1-2-17-14(16)18-8-3-4-9-19-15(21)25-13-7-5-6-12(10-13)11-24-20(22)23/h1,5-7,10H,3-4,8-9,11H2,(H,19,21)(H3,16,17,18). The summed E-state index contributed by atoms with van der Waals surface area (Å²) in [4.78, 5) is 29.6. The van der Waals surface area contributed by atoms with Crippen LogP contribution in [0.25, 0.3) is 0 Å². The Bertz CT molecular complexity index is 656. The van der Waals surface area contributed by atoms with Crippen LogP contribution in [0.2, 0.25) is 0 Å². The number of carbonyl (C=O) groups excluding carboxylic acids is 1. The highest BCUT2D eigenvalue weighted by molar-refractivity contribution is 5.78. The number of nitrogens with one attached hydrogen (secondary N) is 2. The van der Waals surface area contributed by atoms with E-state index in [1.165, 1.54) is 6.07 Å². The van der Waals surface area contributed by atoms with E-state index in [9.17, 15) is 14.9 Å². The maximum absolute atomic E-state index is 11.7. The molecule has 0 spiro atoms. The minimum Gasteiger partial charge on any atom is -0.410 e. The Kier molecular flexibility index (Phi) is 8.70. The van der Waals surface area contributed by atoms with Crippen LogP contribution in [0, 0.1) is 22.6 Å². The summed E-state index contributed by atoms with van der Waals surface area (Å²) in [6.07, 6.45) is 5.79. The summed E-state index contributed by atoms with van der Waals surface area (Å²) in [5.41, 5.74) is 5.96. The minimum atomic E-state index is -0.888. The van der Waals surface area contributed by atoms with Crippen LogP contribution in [0.3, 0.4) is 0 Å². The molecule has 1 aromatic rings. The van der Waals surface area contributed by atoms with Crippen LogP contribution >= 0.6 is 0 Å². The number of ether oxygens (including phenoxy) is 1. The highest BCUT2D eigenvalue weighted by atomic mass is 16.9. The molecule has 0 saturated carbocycles. The van der Waals surface area contributed by atoms with Gasteiger partial charge < -0.3 is 25.9 Å². The van der Waals surface area contributed by atoms with Crippen molar-refractivity contribution in [2.24, 2.45) is 10.7 Å². The van der Waals surface area contributed by atoms with E-state index in [0.717, 1.165) is 6.42 Å². The van der Waals surface area contributed by atoms with Crippen molar-refractivity contribution >= 4 is 12.1 Å². The molecule has 25 heavy (non-hydrogen) atoms. The average molecular weight is 349 g/mol. The number of nitrogens with zero attached hydrogens (tertiary/aromatic N) is 2. The van der Waals surface area contributed by atoms with E-state index >= 15 is 0 Å². The molecule has 0 aliphatic rings. The maximum Gasteiger partial charge on any atom is 0.412 e. The lowest BCUT2D eigenvalue weighted by molar-refractivity contribution is -0.763. The summed E-state index contributed by atoms with van der Waals surface area (Å²) < 4.78 is 5.09. The topological polar surface area (TPSA) is 141 Å². The second-order valence-electron chi connectivity index (χ2n) is 4.72. The number of hydrogen-bond acceptors (Lipinski definition) is 6. The first-order valence-corrected chi connectivity index (χ1v) is 7.36. The Morgan fingerprint density at radius 2 is 2.08 bits per heavy atom. The largest absolute Gasteiger partial charge is 0.412 e. The first-order chi connectivity index (χ1) is 12.0. The number of hydrogen-bond donors (Lipinski definition) is 3. The molecule has 1 aromatic carbocycles. The number of rotatable bonds is 9. The molecule has 0 aliphatic heterocycles. The Morgan fingerprint density at radius 3 is 2.76 bits per heavy atom. The van der Waals surface area contributed by atoms with Crippen molar-refractivity contribution in [1.82, 2.24) is 10.6 Å². The van der Waals surface area contributed by atoms with Crippen molar-refractivity contribution in [3.63, 3.8) is 0 Å². The van der Waals surface area contributed by atoms with E-state index in [4.69, 9.17) is 16.9 Å². The zero-order valence-corrected chi connectivity index (χ0v) is 13.4. The Labute approximate surface area is 144 Å². The lowest BCUT2D eigenvalue weighted by Gasteiger charge is -2.08. The smallest absolute Gasteiger partial charge is 0.410 e. The van der Waals surface area contributed by atoms with Crippen molar-refractivity contribution in [1.29, 1.82) is 0 Å². The molecule has 0 radical (unpaired) electrons. The fourth-order valence-electron chi connectivity index (χ4n) is 1.74. The lowest BCUT2D eigenvalue weighted by atomic mass is 10.2. The van der Waals surface area contributed by atoms with Gasteiger partial charge in [0.15, 0.2) is 0 Å². The van der Waals surface area contributed by atoms with Gasteiger partial charge in [0.05, 0.1) is 0 Å². The third-order valence-electron chi connectivity index (χ3n) is 2.81. The molecular weight excluding hydrogens is 330 g/mol. The van der Waals surface area contributed by atoms with Gasteiger partial charge in [-0.15, -0.1) is 10.1 Å². The Hall–Kier alpha value is -3.48. The molecule has 10 nitrogen and oxygen atoms in total. The molecule has 0 heterocycles. The molecule has 0 bridgehead atoms. The summed E-state index contributed by atoms with van der Waals surface area (Å²) in [6, 6.07) is 8.34. The molecule has 134 valence electrons. The lowest BCUT2D eigenvalue weighted by Crippen LogP contribution is -2.33. The van der Waals surface area contributed by atoms with Gasteiger partial charge in [0.1, 0.15) is 12.4 Å². The van der Waals surface area contributed by atoms with Crippen molar-refractivity contribution < 1.29 is 19.5 Å². The Balaban J connectivity index is 2.24. The first kappa shape index (κ1) is 19.6. The van der Waals surface area contributed by atoms with Crippen LogP contribution in [-0.4, -0.2) is 30.2 Å². The molecule has 10 heteroatoms. The van der Waals surface area contributed by atoms with Crippen LogP contribution in [0.4, 0.5) is 4.79 Å².